The summed E-state index contributed by atoms with van der Waals surface area (Å²) in [6.07, 6.45) is 2.34. The Kier molecular flexibility index (Phi) is 6.39. The second-order valence-corrected chi connectivity index (χ2v) is 6.20. The van der Waals surface area contributed by atoms with E-state index in [1.165, 1.54) is 6.08 Å². The first-order valence-corrected chi connectivity index (χ1v) is 8.19. The zero-order valence-electron chi connectivity index (χ0n) is 11.8. The van der Waals surface area contributed by atoms with E-state index in [4.69, 9.17) is 9.84 Å². The summed E-state index contributed by atoms with van der Waals surface area (Å²) in [5.74, 6) is -0.724. The molecule has 0 saturated carbocycles. The van der Waals surface area contributed by atoms with Crippen LogP contribution in [0.2, 0.25) is 0 Å². The molecule has 1 aromatic rings. The number of aliphatic hydroxyl groups is 1. The highest BCUT2D eigenvalue weighted by Crippen LogP contribution is 2.22. The van der Waals surface area contributed by atoms with Crippen LogP contribution in [0.25, 0.3) is 0 Å². The first kappa shape index (κ1) is 17.2. The van der Waals surface area contributed by atoms with E-state index in [0.717, 1.165) is 10.6 Å². The Morgan fingerprint density at radius 2 is 2.05 bits per heavy atom. The molecule has 0 amide bonds. The zero-order chi connectivity index (χ0) is 15.9. The number of benzene rings is 1. The lowest BCUT2D eigenvalue weighted by molar-refractivity contribution is -0.144. The van der Waals surface area contributed by atoms with Crippen molar-refractivity contribution in [1.82, 2.24) is 0 Å². The molecule has 0 fully saturated rings. The van der Waals surface area contributed by atoms with Crippen molar-refractivity contribution < 1.29 is 23.1 Å². The van der Waals surface area contributed by atoms with Gasteiger partial charge in [0.2, 0.25) is 10.0 Å². The standard InChI is InChI=1S/C14H19NO5S/c1-3-11-20-14(17)13(9-10-16)15(21(2,18)19)12-7-5-4-6-8-12/h3-8,13,16H,1,9-11H2,2H3. The number of hydrogen-bond donors (Lipinski definition) is 1. The van der Waals surface area contributed by atoms with E-state index in [2.05, 4.69) is 6.58 Å². The van der Waals surface area contributed by atoms with E-state index in [9.17, 15) is 13.2 Å². The van der Waals surface area contributed by atoms with Gasteiger partial charge in [0.25, 0.3) is 0 Å². The van der Waals surface area contributed by atoms with E-state index < -0.39 is 22.0 Å². The van der Waals surface area contributed by atoms with Gasteiger partial charge in [-0.3, -0.25) is 4.31 Å². The van der Waals surface area contributed by atoms with Crippen LogP contribution in [0, 0.1) is 0 Å². The smallest absolute Gasteiger partial charge is 0.330 e. The van der Waals surface area contributed by atoms with Gasteiger partial charge in [-0.1, -0.05) is 30.9 Å². The Hall–Kier alpha value is -1.86. The van der Waals surface area contributed by atoms with Crippen molar-refractivity contribution >= 4 is 21.7 Å². The Morgan fingerprint density at radius 3 is 2.52 bits per heavy atom. The molecule has 1 atom stereocenters. The number of hydrogen-bond acceptors (Lipinski definition) is 5. The molecule has 0 spiro atoms. The molecule has 6 nitrogen and oxygen atoms in total. The lowest BCUT2D eigenvalue weighted by atomic mass is 10.2. The van der Waals surface area contributed by atoms with Crippen LogP contribution < -0.4 is 4.31 Å². The summed E-state index contributed by atoms with van der Waals surface area (Å²) >= 11 is 0. The quantitative estimate of drug-likeness (QED) is 0.570. The predicted octanol–water partition coefficient (Wildman–Crippen LogP) is 0.933. The average molecular weight is 313 g/mol. The third-order valence-electron chi connectivity index (χ3n) is 2.67. The van der Waals surface area contributed by atoms with Crippen molar-refractivity contribution in [3.05, 3.63) is 43.0 Å². The summed E-state index contributed by atoms with van der Waals surface area (Å²) in [5.41, 5.74) is 0.342. The summed E-state index contributed by atoms with van der Waals surface area (Å²) in [5, 5.41) is 9.12. The molecule has 1 N–H and O–H groups in total. The van der Waals surface area contributed by atoms with Gasteiger partial charge >= 0.3 is 5.97 Å². The van der Waals surface area contributed by atoms with Crippen LogP contribution >= 0.6 is 0 Å². The van der Waals surface area contributed by atoms with E-state index in [-0.39, 0.29) is 19.6 Å². The van der Waals surface area contributed by atoms with Gasteiger partial charge in [-0.25, -0.2) is 13.2 Å². The monoisotopic (exact) mass is 313 g/mol. The molecule has 1 unspecified atom stereocenters. The van der Waals surface area contributed by atoms with Crippen molar-refractivity contribution in [2.45, 2.75) is 12.5 Å². The van der Waals surface area contributed by atoms with Crippen LogP contribution in [0.1, 0.15) is 6.42 Å². The lowest BCUT2D eigenvalue weighted by Gasteiger charge is -2.29. The fraction of sp³-hybridized carbons (Fsp3) is 0.357. The molecule has 21 heavy (non-hydrogen) atoms. The molecule has 116 valence electrons. The maximum atomic E-state index is 12.1. The number of sulfonamides is 1. The van der Waals surface area contributed by atoms with Crippen molar-refractivity contribution in [2.24, 2.45) is 0 Å². The van der Waals surface area contributed by atoms with Crippen molar-refractivity contribution in [2.75, 3.05) is 23.8 Å². The molecule has 1 aromatic carbocycles. The Balaban J connectivity index is 3.19. The number of carbonyl (C=O) groups is 1. The third-order valence-corrected chi connectivity index (χ3v) is 3.85. The minimum atomic E-state index is -3.71. The number of rotatable bonds is 8. The fourth-order valence-electron chi connectivity index (χ4n) is 1.87. The number of ether oxygens (including phenoxy) is 1. The Labute approximate surface area is 124 Å². The van der Waals surface area contributed by atoms with Crippen LogP contribution in [-0.4, -0.2) is 45.0 Å². The van der Waals surface area contributed by atoms with Gasteiger partial charge in [0.05, 0.1) is 11.9 Å². The van der Waals surface area contributed by atoms with Gasteiger partial charge in [0.15, 0.2) is 0 Å². The summed E-state index contributed by atoms with van der Waals surface area (Å²) in [4.78, 5) is 12.1. The average Bonchev–Trinajstić information content (AvgIpc) is 2.44. The van der Waals surface area contributed by atoms with E-state index in [1.807, 2.05) is 0 Å². The number of aliphatic hydroxyl groups excluding tert-OH is 1. The molecule has 1 rings (SSSR count). The fourth-order valence-corrected chi connectivity index (χ4v) is 3.03. The normalized spacial score (nSPS) is 12.5. The van der Waals surface area contributed by atoms with Crippen LogP contribution in [0.5, 0.6) is 0 Å². The minimum absolute atomic E-state index is 0.0207. The molecular formula is C14H19NO5S. The molecule has 0 aliphatic carbocycles. The zero-order valence-corrected chi connectivity index (χ0v) is 12.6. The highest BCUT2D eigenvalue weighted by molar-refractivity contribution is 7.92. The molecule has 0 bridgehead atoms. The molecule has 0 aliphatic rings. The van der Waals surface area contributed by atoms with Crippen molar-refractivity contribution in [3.63, 3.8) is 0 Å². The van der Waals surface area contributed by atoms with Gasteiger partial charge in [-0.15, -0.1) is 0 Å². The summed E-state index contributed by atoms with van der Waals surface area (Å²) in [6.45, 7) is 3.07. The maximum Gasteiger partial charge on any atom is 0.330 e. The van der Waals surface area contributed by atoms with Gasteiger partial charge in [0.1, 0.15) is 12.6 Å². The number of para-hydroxylation sites is 1. The maximum absolute atomic E-state index is 12.1. The first-order chi connectivity index (χ1) is 9.91. The number of anilines is 1. The molecule has 0 aromatic heterocycles. The van der Waals surface area contributed by atoms with Crippen LogP contribution in [0.15, 0.2) is 43.0 Å². The topological polar surface area (TPSA) is 83.9 Å². The van der Waals surface area contributed by atoms with Gasteiger partial charge in [-0.2, -0.15) is 0 Å². The molecular weight excluding hydrogens is 294 g/mol. The van der Waals surface area contributed by atoms with E-state index in [0.29, 0.717) is 5.69 Å². The largest absolute Gasteiger partial charge is 0.460 e. The van der Waals surface area contributed by atoms with E-state index >= 15 is 0 Å². The number of esters is 1. The molecule has 0 saturated heterocycles. The van der Waals surface area contributed by atoms with Crippen molar-refractivity contribution in [1.29, 1.82) is 0 Å². The first-order valence-electron chi connectivity index (χ1n) is 6.34. The van der Waals surface area contributed by atoms with Crippen molar-refractivity contribution in [3.8, 4) is 0 Å². The number of carbonyl (C=O) groups excluding carboxylic acids is 1. The second-order valence-electron chi connectivity index (χ2n) is 4.34. The third kappa shape index (κ3) is 4.87. The van der Waals surface area contributed by atoms with E-state index in [1.54, 1.807) is 30.3 Å². The van der Waals surface area contributed by atoms with Gasteiger partial charge in [-0.05, 0) is 12.1 Å². The Bertz CT molecular complexity index is 570. The molecule has 0 aliphatic heterocycles. The summed E-state index contributed by atoms with van der Waals surface area (Å²) < 4.78 is 30.0. The van der Waals surface area contributed by atoms with Gasteiger partial charge in [0, 0.05) is 13.0 Å². The highest BCUT2D eigenvalue weighted by Gasteiger charge is 2.33. The SMILES string of the molecule is C=CCOC(=O)C(CCO)N(c1ccccc1)S(C)(=O)=O. The molecule has 0 radical (unpaired) electrons. The van der Waals surface area contributed by atoms with Gasteiger partial charge < -0.3 is 9.84 Å². The highest BCUT2D eigenvalue weighted by atomic mass is 32.2. The summed E-state index contributed by atoms with van der Waals surface area (Å²) in [7, 11) is -3.71. The predicted molar refractivity (Wildman–Crippen MR) is 80.4 cm³/mol. The van der Waals surface area contributed by atoms with Crippen LogP contribution in [0.3, 0.4) is 0 Å². The summed E-state index contributed by atoms with van der Waals surface area (Å²) in [6, 6.07) is 7.10. The number of nitrogens with zero attached hydrogens (tertiary/aromatic N) is 1. The second kappa shape index (κ2) is 7.80. The molecule has 7 heteroatoms. The van der Waals surface area contributed by atoms with Crippen LogP contribution in [0.4, 0.5) is 5.69 Å². The van der Waals surface area contributed by atoms with Crippen LogP contribution in [-0.2, 0) is 19.6 Å². The Morgan fingerprint density at radius 1 is 1.43 bits per heavy atom. The minimum Gasteiger partial charge on any atom is -0.460 e. The molecule has 0 heterocycles. The lowest BCUT2D eigenvalue weighted by Crippen LogP contribution is -2.46.